The van der Waals surface area contributed by atoms with Gasteiger partial charge in [-0.25, -0.2) is 20.7 Å². The second-order valence-electron chi connectivity index (χ2n) is 3.29. The summed E-state index contributed by atoms with van der Waals surface area (Å²) in [6.07, 6.45) is 0. The van der Waals surface area contributed by atoms with Crippen LogP contribution in [0.2, 0.25) is 0 Å². The average Bonchev–Trinajstić information content (AvgIpc) is 2.00. The van der Waals surface area contributed by atoms with E-state index in [2.05, 4.69) is 0 Å². The molecule has 0 spiro atoms. The van der Waals surface area contributed by atoms with E-state index in [1.807, 2.05) is 4.83 Å². The van der Waals surface area contributed by atoms with Crippen molar-refractivity contribution in [3.8, 4) is 0 Å². The summed E-state index contributed by atoms with van der Waals surface area (Å²) in [7, 11) is -7.71. The van der Waals surface area contributed by atoms with Crippen molar-refractivity contribution in [3.05, 3.63) is 0 Å². The first-order chi connectivity index (χ1) is 6.66. The van der Waals surface area contributed by atoms with Crippen molar-refractivity contribution in [2.75, 3.05) is 26.3 Å². The van der Waals surface area contributed by atoms with Gasteiger partial charge < -0.3 is 4.74 Å². The topological polar surface area (TPSA) is 151 Å². The zero-order chi connectivity index (χ0) is 11.7. The predicted molar refractivity (Wildman–Crippen MR) is 53.0 cm³/mol. The minimum absolute atomic E-state index is 0.0840. The van der Waals surface area contributed by atoms with Crippen LogP contribution in [-0.2, 0) is 19.5 Å². The van der Waals surface area contributed by atoms with Gasteiger partial charge in [-0.15, -0.1) is 0 Å². The number of quaternary nitrogens is 1. The lowest BCUT2D eigenvalue weighted by Gasteiger charge is -2.40. The van der Waals surface area contributed by atoms with Crippen molar-refractivity contribution >= 4 is 17.8 Å². The minimum atomic E-state index is -4.03. The third-order valence-corrected chi connectivity index (χ3v) is 4.54. The summed E-state index contributed by atoms with van der Waals surface area (Å²) in [5, 5.41) is 4.82. The number of nitrogens with two attached hydrogens (primary N) is 3. The van der Waals surface area contributed by atoms with E-state index >= 15 is 0 Å². The fourth-order valence-corrected chi connectivity index (χ4v) is 3.65. The second-order valence-corrected chi connectivity index (χ2v) is 6.67. The Balaban J connectivity index is 3.01. The molecule has 15 heavy (non-hydrogen) atoms. The Hall–Kier alpha value is -0.0600. The van der Waals surface area contributed by atoms with Gasteiger partial charge in [-0.2, -0.15) is 12.8 Å². The fraction of sp³-hybridized carbons (Fsp3) is 1.00. The Morgan fingerprint density at radius 2 is 1.73 bits per heavy atom. The Morgan fingerprint density at radius 1 is 1.27 bits per heavy atom. The molecule has 7 N–H and O–H groups in total. The molecule has 9 nitrogen and oxygen atoms in total. The molecule has 1 aliphatic heterocycles. The van der Waals surface area contributed by atoms with Crippen LogP contribution in [-0.4, -0.2) is 39.1 Å². The van der Waals surface area contributed by atoms with Gasteiger partial charge in [0.25, 0.3) is 0 Å². The number of hydrogen-bond donors (Lipinski definition) is 4. The monoisotopic (exact) mass is 260 g/mol. The van der Waals surface area contributed by atoms with Crippen LogP contribution >= 0.6 is 7.59 Å². The third-order valence-electron chi connectivity index (χ3n) is 2.11. The fourth-order valence-electron chi connectivity index (χ4n) is 1.35. The number of nitrogens with one attached hydrogen (secondary N) is 1. The van der Waals surface area contributed by atoms with Crippen LogP contribution < -0.4 is 21.0 Å². The van der Waals surface area contributed by atoms with Gasteiger partial charge in [0.15, 0.2) is 0 Å². The number of rotatable bonds is 3. The lowest BCUT2D eigenvalue weighted by atomic mass is 10.5. The molecule has 90 valence electrons. The molecule has 1 rings (SSSR count). The molecule has 0 saturated carbocycles. The van der Waals surface area contributed by atoms with Gasteiger partial charge in [0.05, 0.1) is 13.2 Å². The molecule has 0 unspecified atom stereocenters. The molecule has 1 aliphatic rings. The van der Waals surface area contributed by atoms with E-state index in [-0.39, 0.29) is 26.3 Å². The molecular formula is C4H15N5O4PS+. The SMILES string of the molecule is NP(N)(=O)[N+]1(NS(N)(=O)=O)CCOCC1. The van der Waals surface area contributed by atoms with Gasteiger partial charge in [0, 0.05) is 0 Å². The van der Waals surface area contributed by atoms with Crippen LogP contribution in [0.5, 0.6) is 0 Å². The second kappa shape index (κ2) is 4.07. The zero-order valence-corrected chi connectivity index (χ0v) is 9.71. The van der Waals surface area contributed by atoms with E-state index in [0.29, 0.717) is 0 Å². The highest BCUT2D eigenvalue weighted by molar-refractivity contribution is 7.87. The number of ether oxygens (including phenoxy) is 1. The van der Waals surface area contributed by atoms with Crippen LogP contribution in [0, 0.1) is 0 Å². The maximum Gasteiger partial charge on any atom is 0.407 e. The molecule has 0 atom stereocenters. The average molecular weight is 260 g/mol. The van der Waals surface area contributed by atoms with E-state index < -0.39 is 22.2 Å². The Morgan fingerprint density at radius 3 is 2.07 bits per heavy atom. The largest absolute Gasteiger partial charge is 0.407 e. The maximum atomic E-state index is 11.7. The molecule has 1 saturated heterocycles. The zero-order valence-electron chi connectivity index (χ0n) is 8.00. The summed E-state index contributed by atoms with van der Waals surface area (Å²) >= 11 is 0. The van der Waals surface area contributed by atoms with Crippen molar-refractivity contribution in [2.45, 2.75) is 0 Å². The molecule has 0 aromatic heterocycles. The van der Waals surface area contributed by atoms with E-state index in [4.69, 9.17) is 20.9 Å². The highest BCUT2D eigenvalue weighted by Gasteiger charge is 2.46. The first-order valence-corrected chi connectivity index (χ1v) is 7.45. The summed E-state index contributed by atoms with van der Waals surface area (Å²) in [4.78, 5) is 2.01. The number of nitrogens with zero attached hydrogens (tertiary/aromatic N) is 1. The molecule has 0 bridgehead atoms. The Labute approximate surface area is 87.8 Å². The Kier molecular flexibility index (Phi) is 3.53. The van der Waals surface area contributed by atoms with Crippen LogP contribution in [0.3, 0.4) is 0 Å². The highest BCUT2D eigenvalue weighted by Crippen LogP contribution is 2.40. The van der Waals surface area contributed by atoms with Crippen molar-refractivity contribution in [2.24, 2.45) is 16.1 Å². The standard InChI is InChI=1S/C4H15N5O4PS/c5-14(6,10)9(8-15(7,11)12)1-3-13-4-2-9/h8H,1-4H2,(H4,5,6,10)(H2,7,11,12)/q+1. The van der Waals surface area contributed by atoms with Gasteiger partial charge in [-0.3, -0.25) is 0 Å². The molecule has 0 amide bonds. The van der Waals surface area contributed by atoms with E-state index in [0.717, 1.165) is 0 Å². The smallest absolute Gasteiger partial charge is 0.370 e. The highest BCUT2D eigenvalue weighted by atomic mass is 32.2. The molecule has 0 aromatic carbocycles. The van der Waals surface area contributed by atoms with Crippen LogP contribution in [0.4, 0.5) is 0 Å². The van der Waals surface area contributed by atoms with E-state index in [9.17, 15) is 13.0 Å². The van der Waals surface area contributed by atoms with E-state index in [1.165, 1.54) is 0 Å². The van der Waals surface area contributed by atoms with Gasteiger partial charge in [-0.1, -0.05) is 0 Å². The van der Waals surface area contributed by atoms with Crippen molar-refractivity contribution in [1.82, 2.24) is 4.83 Å². The predicted octanol–water partition coefficient (Wildman–Crippen LogP) is -2.43. The normalized spacial score (nSPS) is 22.6. The third kappa shape index (κ3) is 3.20. The Bertz CT molecular complexity index is 370. The van der Waals surface area contributed by atoms with Crippen LogP contribution in [0.25, 0.3) is 0 Å². The van der Waals surface area contributed by atoms with Crippen molar-refractivity contribution in [3.63, 3.8) is 0 Å². The van der Waals surface area contributed by atoms with Gasteiger partial charge in [0.2, 0.25) is 0 Å². The van der Waals surface area contributed by atoms with Crippen LogP contribution in [0.15, 0.2) is 0 Å². The molecule has 0 aliphatic carbocycles. The summed E-state index contributed by atoms with van der Waals surface area (Å²) in [6.45, 7) is 0.587. The summed E-state index contributed by atoms with van der Waals surface area (Å²) < 4.78 is 37.9. The van der Waals surface area contributed by atoms with Crippen molar-refractivity contribution in [1.29, 1.82) is 0 Å². The van der Waals surface area contributed by atoms with Gasteiger partial charge >= 0.3 is 17.8 Å². The lowest BCUT2D eigenvalue weighted by Crippen LogP contribution is -2.65. The summed E-state index contributed by atoms with van der Waals surface area (Å²) in [5.74, 6) is 0. The minimum Gasteiger partial charge on any atom is -0.370 e. The quantitative estimate of drug-likeness (QED) is 0.414. The molecule has 1 heterocycles. The molecule has 1 fully saturated rings. The van der Waals surface area contributed by atoms with Crippen LogP contribution in [0.1, 0.15) is 0 Å². The molecule has 0 radical (unpaired) electrons. The molecular weight excluding hydrogens is 245 g/mol. The summed E-state index contributed by atoms with van der Waals surface area (Å²) in [6, 6.07) is 0. The van der Waals surface area contributed by atoms with Crippen molar-refractivity contribution < 1.29 is 22.1 Å². The lowest BCUT2D eigenvalue weighted by molar-refractivity contribution is -0.853. The molecule has 11 heteroatoms. The number of hydrogen-bond acceptors (Lipinski definition) is 4. The summed E-state index contributed by atoms with van der Waals surface area (Å²) in [5.41, 5.74) is 10.6. The number of morpholine rings is 1. The molecule has 0 aromatic rings. The first kappa shape index (κ1) is 13.0. The maximum absolute atomic E-state index is 11.7. The van der Waals surface area contributed by atoms with Gasteiger partial charge in [-0.05, 0) is 4.83 Å². The first-order valence-electron chi connectivity index (χ1n) is 4.11. The van der Waals surface area contributed by atoms with Gasteiger partial charge in [0.1, 0.15) is 13.1 Å². The van der Waals surface area contributed by atoms with E-state index in [1.54, 1.807) is 0 Å².